The molecule has 1 aromatic carbocycles. The fraction of sp³-hybridized carbons (Fsp3) is 0.0909. The topological polar surface area (TPSA) is 30.9 Å². The lowest BCUT2D eigenvalue weighted by Crippen LogP contribution is -2.05. The van der Waals surface area contributed by atoms with Crippen molar-refractivity contribution < 1.29 is 4.39 Å². The molecule has 1 heterocycles. The lowest BCUT2D eigenvalue weighted by atomic mass is 10.3. The zero-order valence-electron chi connectivity index (χ0n) is 7.65. The molecule has 2 nitrogen and oxygen atoms in total. The van der Waals surface area contributed by atoms with Crippen LogP contribution in [-0.2, 0) is 6.54 Å². The molecular weight excluding hydrogens is 179 g/mol. The zero-order valence-corrected chi connectivity index (χ0v) is 7.65. The number of nitrogens with two attached hydrogens (primary N) is 1. The number of nitrogens with zero attached hydrogens (tertiary/aromatic N) is 1. The van der Waals surface area contributed by atoms with Gasteiger partial charge in [0.2, 0.25) is 0 Å². The SMILES string of the molecule is NCc1cccn1-c1ccccc1F. The van der Waals surface area contributed by atoms with Gasteiger partial charge in [0, 0.05) is 18.4 Å². The standard InChI is InChI=1S/C11H11FN2/c12-10-5-1-2-6-11(10)14-7-3-4-9(14)8-13/h1-7H,8,13H2. The minimum atomic E-state index is -0.238. The van der Waals surface area contributed by atoms with Gasteiger partial charge in [-0.05, 0) is 24.3 Å². The number of aromatic nitrogens is 1. The number of benzene rings is 1. The number of hydrogen-bond acceptors (Lipinski definition) is 1. The average Bonchev–Trinajstić information content (AvgIpc) is 2.66. The molecule has 0 fully saturated rings. The van der Waals surface area contributed by atoms with Gasteiger partial charge in [-0.15, -0.1) is 0 Å². The van der Waals surface area contributed by atoms with Crippen LogP contribution in [0.1, 0.15) is 5.69 Å². The second-order valence-electron chi connectivity index (χ2n) is 3.03. The number of para-hydroxylation sites is 1. The van der Waals surface area contributed by atoms with Gasteiger partial charge in [-0.3, -0.25) is 0 Å². The predicted octanol–water partition coefficient (Wildman–Crippen LogP) is 2.08. The van der Waals surface area contributed by atoms with Crippen LogP contribution in [0.3, 0.4) is 0 Å². The summed E-state index contributed by atoms with van der Waals surface area (Å²) in [6.45, 7) is 0.404. The minimum absolute atomic E-state index is 0.238. The Kier molecular flexibility index (Phi) is 2.33. The summed E-state index contributed by atoms with van der Waals surface area (Å²) in [7, 11) is 0. The van der Waals surface area contributed by atoms with E-state index >= 15 is 0 Å². The molecule has 0 saturated carbocycles. The third kappa shape index (κ3) is 1.42. The molecule has 0 aliphatic rings. The normalized spacial score (nSPS) is 10.4. The summed E-state index contributed by atoms with van der Waals surface area (Å²) >= 11 is 0. The Morgan fingerprint density at radius 2 is 1.93 bits per heavy atom. The first-order chi connectivity index (χ1) is 6.83. The maximum atomic E-state index is 13.4. The molecule has 14 heavy (non-hydrogen) atoms. The Bertz CT molecular complexity index is 434. The van der Waals surface area contributed by atoms with Crippen molar-refractivity contribution in [2.45, 2.75) is 6.54 Å². The third-order valence-corrected chi connectivity index (χ3v) is 2.15. The van der Waals surface area contributed by atoms with Crippen molar-refractivity contribution in [2.24, 2.45) is 5.73 Å². The first kappa shape index (κ1) is 8.97. The summed E-state index contributed by atoms with van der Waals surface area (Å²) in [6, 6.07) is 10.4. The van der Waals surface area contributed by atoms with Crippen LogP contribution in [-0.4, -0.2) is 4.57 Å². The van der Waals surface area contributed by atoms with E-state index in [1.54, 1.807) is 29.0 Å². The highest BCUT2D eigenvalue weighted by Gasteiger charge is 2.05. The van der Waals surface area contributed by atoms with E-state index in [0.29, 0.717) is 12.2 Å². The molecular formula is C11H11FN2. The molecule has 3 heteroatoms. The molecule has 0 atom stereocenters. The van der Waals surface area contributed by atoms with Crippen LogP contribution in [0.25, 0.3) is 5.69 Å². The summed E-state index contributed by atoms with van der Waals surface area (Å²) in [5.41, 5.74) is 6.98. The van der Waals surface area contributed by atoms with Gasteiger partial charge in [0.05, 0.1) is 5.69 Å². The van der Waals surface area contributed by atoms with Crippen LogP contribution < -0.4 is 5.73 Å². The van der Waals surface area contributed by atoms with Crippen LogP contribution in [0.2, 0.25) is 0 Å². The van der Waals surface area contributed by atoms with Gasteiger partial charge in [0.25, 0.3) is 0 Å². The van der Waals surface area contributed by atoms with Crippen molar-refractivity contribution in [1.82, 2.24) is 4.57 Å². The van der Waals surface area contributed by atoms with Gasteiger partial charge >= 0.3 is 0 Å². The van der Waals surface area contributed by atoms with Gasteiger partial charge < -0.3 is 10.3 Å². The number of rotatable bonds is 2. The molecule has 2 N–H and O–H groups in total. The third-order valence-electron chi connectivity index (χ3n) is 2.15. The summed E-state index contributed by atoms with van der Waals surface area (Å²) in [4.78, 5) is 0. The van der Waals surface area contributed by atoms with E-state index in [2.05, 4.69) is 0 Å². The van der Waals surface area contributed by atoms with E-state index in [-0.39, 0.29) is 5.82 Å². The van der Waals surface area contributed by atoms with E-state index in [4.69, 9.17) is 5.73 Å². The lowest BCUT2D eigenvalue weighted by molar-refractivity contribution is 0.616. The number of halogens is 1. The highest BCUT2D eigenvalue weighted by atomic mass is 19.1. The van der Waals surface area contributed by atoms with Crippen LogP contribution in [0.5, 0.6) is 0 Å². The van der Waals surface area contributed by atoms with Crippen molar-refractivity contribution in [3.05, 3.63) is 54.1 Å². The zero-order chi connectivity index (χ0) is 9.97. The largest absolute Gasteiger partial charge is 0.325 e. The summed E-state index contributed by atoms with van der Waals surface area (Å²) in [5, 5.41) is 0. The van der Waals surface area contributed by atoms with Crippen molar-refractivity contribution in [2.75, 3.05) is 0 Å². The van der Waals surface area contributed by atoms with E-state index in [0.717, 1.165) is 5.69 Å². The summed E-state index contributed by atoms with van der Waals surface area (Å²) < 4.78 is 15.2. The monoisotopic (exact) mass is 190 g/mol. The second kappa shape index (κ2) is 3.64. The van der Waals surface area contributed by atoms with Crippen molar-refractivity contribution in [1.29, 1.82) is 0 Å². The molecule has 72 valence electrons. The maximum Gasteiger partial charge on any atom is 0.147 e. The van der Waals surface area contributed by atoms with Crippen LogP contribution >= 0.6 is 0 Å². The first-order valence-electron chi connectivity index (χ1n) is 4.44. The molecule has 0 aliphatic carbocycles. The van der Waals surface area contributed by atoms with E-state index in [9.17, 15) is 4.39 Å². The molecule has 0 radical (unpaired) electrons. The number of hydrogen-bond donors (Lipinski definition) is 1. The van der Waals surface area contributed by atoms with Gasteiger partial charge in [0.15, 0.2) is 0 Å². The first-order valence-corrected chi connectivity index (χ1v) is 4.44. The fourth-order valence-electron chi connectivity index (χ4n) is 1.46. The average molecular weight is 190 g/mol. The summed E-state index contributed by atoms with van der Waals surface area (Å²) in [5.74, 6) is -0.238. The molecule has 2 rings (SSSR count). The van der Waals surface area contributed by atoms with Gasteiger partial charge in [0.1, 0.15) is 5.82 Å². The van der Waals surface area contributed by atoms with Crippen LogP contribution in [0.4, 0.5) is 4.39 Å². The van der Waals surface area contributed by atoms with Crippen molar-refractivity contribution >= 4 is 0 Å². The molecule has 2 aromatic rings. The maximum absolute atomic E-state index is 13.4. The van der Waals surface area contributed by atoms with Gasteiger partial charge in [-0.2, -0.15) is 0 Å². The Morgan fingerprint density at radius 1 is 1.14 bits per heavy atom. The van der Waals surface area contributed by atoms with Crippen molar-refractivity contribution in [3.63, 3.8) is 0 Å². The summed E-state index contributed by atoms with van der Waals surface area (Å²) in [6.07, 6.45) is 1.81. The van der Waals surface area contributed by atoms with E-state index in [1.165, 1.54) is 6.07 Å². The van der Waals surface area contributed by atoms with Gasteiger partial charge in [-0.1, -0.05) is 12.1 Å². The van der Waals surface area contributed by atoms with Crippen LogP contribution in [0.15, 0.2) is 42.6 Å². The van der Waals surface area contributed by atoms with E-state index < -0.39 is 0 Å². The Hall–Kier alpha value is -1.61. The highest BCUT2D eigenvalue weighted by Crippen LogP contribution is 2.15. The molecule has 0 spiro atoms. The lowest BCUT2D eigenvalue weighted by Gasteiger charge is -2.08. The predicted molar refractivity (Wildman–Crippen MR) is 53.6 cm³/mol. The van der Waals surface area contributed by atoms with E-state index in [1.807, 2.05) is 12.1 Å². The highest BCUT2D eigenvalue weighted by molar-refractivity contribution is 5.36. The molecule has 0 bridgehead atoms. The minimum Gasteiger partial charge on any atom is -0.325 e. The Balaban J connectivity index is 2.54. The van der Waals surface area contributed by atoms with Crippen LogP contribution in [0, 0.1) is 5.82 Å². The molecule has 0 unspecified atom stereocenters. The molecule has 0 saturated heterocycles. The molecule has 0 amide bonds. The fourth-order valence-corrected chi connectivity index (χ4v) is 1.46. The Labute approximate surface area is 81.8 Å². The molecule has 0 aliphatic heterocycles. The smallest absolute Gasteiger partial charge is 0.147 e. The van der Waals surface area contributed by atoms with Crippen molar-refractivity contribution in [3.8, 4) is 5.69 Å². The molecule has 1 aromatic heterocycles. The Morgan fingerprint density at radius 3 is 2.64 bits per heavy atom. The second-order valence-corrected chi connectivity index (χ2v) is 3.03. The quantitative estimate of drug-likeness (QED) is 0.772. The van der Waals surface area contributed by atoms with Gasteiger partial charge in [-0.25, -0.2) is 4.39 Å².